The minimum absolute atomic E-state index is 0.00546. The number of carbonyl (C=O) groups is 2. The molecule has 0 bridgehead atoms. The Kier molecular flexibility index (Phi) is 3.49. The van der Waals surface area contributed by atoms with E-state index in [4.69, 9.17) is 4.42 Å². The molecule has 1 aromatic rings. The lowest BCUT2D eigenvalue weighted by molar-refractivity contribution is -0.117. The van der Waals surface area contributed by atoms with Crippen LogP contribution in [0.15, 0.2) is 46.0 Å². The molecule has 5 rings (SSSR count). The molecule has 0 N–H and O–H groups in total. The van der Waals surface area contributed by atoms with E-state index in [1.54, 1.807) is 6.26 Å². The van der Waals surface area contributed by atoms with Gasteiger partial charge in [-0.25, -0.2) is 0 Å². The van der Waals surface area contributed by atoms with E-state index >= 15 is 0 Å². The average Bonchev–Trinajstić information content (AvgIpc) is 3.39. The Morgan fingerprint density at radius 1 is 0.913 bits per heavy atom. The third kappa shape index (κ3) is 3.04. The molecule has 4 aliphatic rings. The Morgan fingerprint density at radius 3 is 1.96 bits per heavy atom. The number of hydrogen-bond acceptors (Lipinski definition) is 6. The first-order chi connectivity index (χ1) is 11.1. The predicted molar refractivity (Wildman–Crippen MR) is 87.9 cm³/mol. The molecule has 3 saturated heterocycles. The monoisotopic (exact) mass is 331 g/mol. The number of Topliss-reactive ketones (excluding diaryl/α,β-unsaturated/α-hetero) is 1. The van der Waals surface area contributed by atoms with Crippen LogP contribution in [0.3, 0.4) is 0 Å². The first-order valence-corrected chi connectivity index (χ1v) is 8.31. The molecule has 0 radical (unpaired) electrons. The molecule has 0 spiro atoms. The van der Waals surface area contributed by atoms with Crippen molar-refractivity contribution in [1.82, 2.24) is 14.7 Å². The number of hydrogen-bond donors (Lipinski definition) is 0. The van der Waals surface area contributed by atoms with E-state index in [-0.39, 0.29) is 11.6 Å². The molecule has 1 aliphatic carbocycles. The van der Waals surface area contributed by atoms with Gasteiger partial charge in [0.05, 0.1) is 12.0 Å². The van der Waals surface area contributed by atoms with Crippen LogP contribution < -0.4 is 5.50 Å². The first kappa shape index (κ1) is 14.5. The van der Waals surface area contributed by atoms with Gasteiger partial charge in [-0.3, -0.25) is 9.59 Å². The Morgan fingerprint density at radius 2 is 1.52 bits per heavy atom. The van der Waals surface area contributed by atoms with Crippen molar-refractivity contribution in [3.63, 3.8) is 0 Å². The fourth-order valence-electron chi connectivity index (χ4n) is 2.57. The van der Waals surface area contributed by atoms with Gasteiger partial charge in [-0.05, 0) is 12.1 Å². The number of furan rings is 1. The van der Waals surface area contributed by atoms with Crippen molar-refractivity contribution in [2.75, 3.05) is 39.3 Å². The van der Waals surface area contributed by atoms with Crippen molar-refractivity contribution in [2.24, 2.45) is 0 Å². The summed E-state index contributed by atoms with van der Waals surface area (Å²) in [7, 11) is 2.45. The zero-order valence-corrected chi connectivity index (χ0v) is 13.9. The van der Waals surface area contributed by atoms with Gasteiger partial charge in [0.1, 0.15) is 16.9 Å². The third-order valence-electron chi connectivity index (χ3n) is 4.03. The number of nitrogens with zero attached hydrogens (tertiary/aromatic N) is 3. The van der Waals surface area contributed by atoms with Crippen LogP contribution in [0.25, 0.3) is 0 Å². The average molecular weight is 331 g/mol. The van der Waals surface area contributed by atoms with Crippen molar-refractivity contribution >= 4 is 26.3 Å². The van der Waals surface area contributed by atoms with Crippen molar-refractivity contribution in [2.45, 2.75) is 0 Å². The summed E-state index contributed by atoms with van der Waals surface area (Å²) in [6.45, 7) is 5.41. The molecular weight excluding hydrogens is 313 g/mol. The highest BCUT2D eigenvalue weighted by Gasteiger charge is 2.43. The number of allylic oxidation sites excluding steroid dienone is 1. The van der Waals surface area contributed by atoms with Gasteiger partial charge in [-0.15, -0.1) is 0 Å². The molecule has 23 heavy (non-hydrogen) atoms. The van der Waals surface area contributed by atoms with Crippen LogP contribution in [0.2, 0.25) is 0 Å². The molecule has 0 aromatic carbocycles. The normalized spacial score (nSPS) is 22.0. The second kappa shape index (κ2) is 5.53. The van der Waals surface area contributed by atoms with E-state index in [9.17, 15) is 9.59 Å². The lowest BCUT2D eigenvalue weighted by Gasteiger charge is -2.21. The van der Waals surface area contributed by atoms with Crippen LogP contribution in [0, 0.1) is 0 Å². The van der Waals surface area contributed by atoms with Gasteiger partial charge in [-0.1, -0.05) is 9.24 Å². The van der Waals surface area contributed by atoms with Crippen LogP contribution in [0.1, 0.15) is 0 Å². The second-order valence-electron chi connectivity index (χ2n) is 5.90. The first-order valence-electron chi connectivity index (χ1n) is 7.74. The maximum Gasteiger partial charge on any atom is 0.227 e. The van der Waals surface area contributed by atoms with Crippen molar-refractivity contribution in [3.8, 4) is 0 Å². The minimum atomic E-state index is 0.00546. The van der Waals surface area contributed by atoms with Crippen LogP contribution in [-0.4, -0.2) is 65.5 Å². The lowest BCUT2D eigenvalue weighted by Crippen LogP contribution is -2.29. The van der Waals surface area contributed by atoms with Gasteiger partial charge in [0.2, 0.25) is 11.6 Å². The summed E-state index contributed by atoms with van der Waals surface area (Å²) in [5.41, 5.74) is 2.77. The van der Waals surface area contributed by atoms with E-state index in [0.717, 1.165) is 44.8 Å². The Hall–Kier alpha value is -2.07. The van der Waals surface area contributed by atoms with Crippen LogP contribution >= 0.6 is 9.24 Å². The summed E-state index contributed by atoms with van der Waals surface area (Å²) in [5.74, 6) is 0.0485. The SMILES string of the molecule is O=C1C=C(N2CC2)C(=O)C(N2CC2)=C1N1CC1.Pc1ccco1. The van der Waals surface area contributed by atoms with E-state index < -0.39 is 0 Å². The Labute approximate surface area is 136 Å². The van der Waals surface area contributed by atoms with Gasteiger partial charge in [0.15, 0.2) is 0 Å². The summed E-state index contributed by atoms with van der Waals surface area (Å²) in [5, 5.41) is 0. The van der Waals surface area contributed by atoms with Crippen LogP contribution in [0.4, 0.5) is 0 Å². The molecule has 0 saturated carbocycles. The van der Waals surface area contributed by atoms with Crippen molar-refractivity contribution < 1.29 is 14.0 Å². The van der Waals surface area contributed by atoms with Gasteiger partial charge < -0.3 is 19.1 Å². The van der Waals surface area contributed by atoms with E-state index in [1.165, 1.54) is 6.08 Å². The molecule has 1 aromatic heterocycles. The number of ketones is 2. The van der Waals surface area contributed by atoms with Crippen LogP contribution in [0.5, 0.6) is 0 Å². The summed E-state index contributed by atoms with van der Waals surface area (Å²) >= 11 is 0. The third-order valence-corrected chi connectivity index (χ3v) is 4.36. The quantitative estimate of drug-likeness (QED) is 0.440. The summed E-state index contributed by atoms with van der Waals surface area (Å²) in [6.07, 6.45) is 3.16. The number of rotatable bonds is 3. The molecular formula is C16H18N3O3P. The Bertz CT molecular complexity index is 711. The van der Waals surface area contributed by atoms with E-state index in [0.29, 0.717) is 17.1 Å². The van der Waals surface area contributed by atoms with Gasteiger partial charge in [0, 0.05) is 45.3 Å². The molecule has 6 nitrogen and oxygen atoms in total. The van der Waals surface area contributed by atoms with Crippen molar-refractivity contribution in [1.29, 1.82) is 0 Å². The molecule has 1 unspecified atom stereocenters. The topological polar surface area (TPSA) is 56.3 Å². The zero-order chi connectivity index (χ0) is 16.0. The van der Waals surface area contributed by atoms with Crippen LogP contribution in [-0.2, 0) is 9.59 Å². The molecule has 1 atom stereocenters. The van der Waals surface area contributed by atoms with Gasteiger partial charge in [-0.2, -0.15) is 0 Å². The molecule has 4 heterocycles. The summed E-state index contributed by atoms with van der Waals surface area (Å²) < 4.78 is 4.80. The lowest BCUT2D eigenvalue weighted by atomic mass is 10.0. The zero-order valence-electron chi connectivity index (χ0n) is 12.7. The maximum absolute atomic E-state index is 12.4. The minimum Gasteiger partial charge on any atom is -0.465 e. The molecule has 7 heteroatoms. The highest BCUT2D eigenvalue weighted by molar-refractivity contribution is 7.26. The number of carbonyl (C=O) groups excluding carboxylic acids is 2. The fourth-order valence-corrected chi connectivity index (χ4v) is 2.76. The molecule has 3 aliphatic heterocycles. The smallest absolute Gasteiger partial charge is 0.227 e. The van der Waals surface area contributed by atoms with E-state index in [1.807, 2.05) is 26.8 Å². The molecule has 3 fully saturated rings. The highest BCUT2D eigenvalue weighted by Crippen LogP contribution is 2.33. The fraction of sp³-hybridized carbons (Fsp3) is 0.375. The van der Waals surface area contributed by atoms with Gasteiger partial charge in [0.25, 0.3) is 0 Å². The molecule has 0 amide bonds. The summed E-state index contributed by atoms with van der Waals surface area (Å²) in [4.78, 5) is 30.5. The predicted octanol–water partition coefficient (Wildman–Crippen LogP) is -0.0395. The molecule has 120 valence electrons. The highest BCUT2D eigenvalue weighted by atomic mass is 31.0. The van der Waals surface area contributed by atoms with Gasteiger partial charge >= 0.3 is 0 Å². The maximum atomic E-state index is 12.4. The van der Waals surface area contributed by atoms with E-state index in [2.05, 4.69) is 9.24 Å². The van der Waals surface area contributed by atoms with Crippen molar-refractivity contribution in [3.05, 3.63) is 41.6 Å². The second-order valence-corrected chi connectivity index (χ2v) is 6.47. The largest absolute Gasteiger partial charge is 0.465 e. The Balaban J connectivity index is 0.000000192. The standard InChI is InChI=1S/C12H13N3O2.C4H5OP/c16-9-7-8(13-1-2-13)12(17)11(15-5-6-15)10(9)14-3-4-14;6-4-2-1-3-5-4/h7H,1-6H2;1-3H,6H2. The summed E-state index contributed by atoms with van der Waals surface area (Å²) in [6, 6.07) is 3.73.